The molecule has 1 heterocycles. The molecule has 0 saturated heterocycles. The van der Waals surface area contributed by atoms with Crippen molar-refractivity contribution < 1.29 is 4.79 Å². The number of benzene rings is 1. The van der Waals surface area contributed by atoms with Crippen molar-refractivity contribution in [2.75, 3.05) is 11.1 Å². The second kappa shape index (κ2) is 6.13. The molecule has 2 rings (SSSR count). The number of hydrogen-bond acceptors (Lipinski definition) is 2. The van der Waals surface area contributed by atoms with Crippen LogP contribution >= 0.6 is 15.9 Å². The first-order chi connectivity index (χ1) is 9.51. The maximum absolute atomic E-state index is 12.4. The Kier molecular flexibility index (Phi) is 4.49. The Balaban J connectivity index is 2.26. The molecule has 4 nitrogen and oxygen atoms in total. The van der Waals surface area contributed by atoms with Crippen molar-refractivity contribution in [2.24, 2.45) is 0 Å². The van der Waals surface area contributed by atoms with Gasteiger partial charge in [-0.25, -0.2) is 0 Å². The van der Waals surface area contributed by atoms with Crippen LogP contribution < -0.4 is 11.1 Å². The van der Waals surface area contributed by atoms with E-state index in [1.807, 2.05) is 29.7 Å². The Bertz CT molecular complexity index is 634. The van der Waals surface area contributed by atoms with Gasteiger partial charge in [-0.3, -0.25) is 4.79 Å². The van der Waals surface area contributed by atoms with Crippen LogP contribution in [0.2, 0.25) is 0 Å². The van der Waals surface area contributed by atoms with Crippen molar-refractivity contribution in [1.29, 1.82) is 0 Å². The molecule has 2 aromatic rings. The average Bonchev–Trinajstić information content (AvgIpc) is 2.75. The minimum Gasteiger partial charge on any atom is -0.397 e. The van der Waals surface area contributed by atoms with Crippen LogP contribution in [0.1, 0.15) is 29.4 Å². The fourth-order valence-electron chi connectivity index (χ4n) is 2.06. The van der Waals surface area contributed by atoms with Crippen LogP contribution in [0.4, 0.5) is 11.4 Å². The third-order valence-electron chi connectivity index (χ3n) is 3.06. The summed E-state index contributed by atoms with van der Waals surface area (Å²) in [7, 11) is 0. The predicted octanol–water partition coefficient (Wildman–Crippen LogP) is 3.80. The lowest BCUT2D eigenvalue weighted by Gasteiger charge is -2.11. The number of carbonyl (C=O) groups is 1. The molecular weight excluding hydrogens is 318 g/mol. The summed E-state index contributed by atoms with van der Waals surface area (Å²) in [5.74, 6) is -0.142. The van der Waals surface area contributed by atoms with Gasteiger partial charge >= 0.3 is 0 Å². The number of aryl methyl sites for hydroxylation is 2. The first-order valence-electron chi connectivity index (χ1n) is 6.54. The van der Waals surface area contributed by atoms with Gasteiger partial charge in [-0.05, 0) is 37.1 Å². The Labute approximate surface area is 127 Å². The monoisotopic (exact) mass is 335 g/mol. The number of aromatic nitrogens is 1. The van der Waals surface area contributed by atoms with Gasteiger partial charge in [0.25, 0.3) is 5.91 Å². The molecule has 0 bridgehead atoms. The summed E-state index contributed by atoms with van der Waals surface area (Å²) in [5.41, 5.74) is 8.79. The predicted molar refractivity (Wildman–Crippen MR) is 86.0 cm³/mol. The van der Waals surface area contributed by atoms with Crippen LogP contribution in [0.25, 0.3) is 0 Å². The molecule has 3 N–H and O–H groups in total. The van der Waals surface area contributed by atoms with Crippen LogP contribution in [0, 0.1) is 6.92 Å². The minimum absolute atomic E-state index is 0.142. The zero-order valence-electron chi connectivity index (χ0n) is 11.6. The number of anilines is 2. The van der Waals surface area contributed by atoms with E-state index in [4.69, 9.17) is 5.73 Å². The van der Waals surface area contributed by atoms with E-state index < -0.39 is 0 Å². The van der Waals surface area contributed by atoms with E-state index in [9.17, 15) is 4.79 Å². The number of amides is 1. The smallest absolute Gasteiger partial charge is 0.272 e. The fourth-order valence-corrected chi connectivity index (χ4v) is 2.43. The van der Waals surface area contributed by atoms with E-state index in [1.165, 1.54) is 0 Å². The normalized spacial score (nSPS) is 10.6. The molecule has 5 heteroatoms. The number of nitrogens with two attached hydrogens (primary N) is 1. The number of nitrogen functional groups attached to an aromatic ring is 1. The molecule has 1 aromatic heterocycles. The molecule has 0 atom stereocenters. The third kappa shape index (κ3) is 3.22. The molecule has 0 fully saturated rings. The number of rotatable bonds is 4. The zero-order valence-corrected chi connectivity index (χ0v) is 13.2. The van der Waals surface area contributed by atoms with Crippen LogP contribution in [0.5, 0.6) is 0 Å². The second-order valence-corrected chi connectivity index (χ2v) is 5.68. The van der Waals surface area contributed by atoms with Crippen molar-refractivity contribution in [3.8, 4) is 0 Å². The van der Waals surface area contributed by atoms with Crippen molar-refractivity contribution >= 4 is 33.2 Å². The molecule has 0 aliphatic carbocycles. The molecule has 0 aliphatic heterocycles. The topological polar surface area (TPSA) is 60.0 Å². The summed E-state index contributed by atoms with van der Waals surface area (Å²) in [4.78, 5) is 12.4. The molecule has 0 unspecified atom stereocenters. The van der Waals surface area contributed by atoms with E-state index in [2.05, 4.69) is 28.2 Å². The Morgan fingerprint density at radius 2 is 2.15 bits per heavy atom. The van der Waals surface area contributed by atoms with Crippen LogP contribution in [0.3, 0.4) is 0 Å². The summed E-state index contributed by atoms with van der Waals surface area (Å²) < 4.78 is 2.82. The molecule has 0 saturated carbocycles. The molecule has 1 aromatic carbocycles. The number of nitrogens with one attached hydrogen (secondary N) is 1. The molecule has 20 heavy (non-hydrogen) atoms. The summed E-state index contributed by atoms with van der Waals surface area (Å²) in [6.45, 7) is 4.80. The van der Waals surface area contributed by atoms with E-state index in [0.717, 1.165) is 28.7 Å². The molecule has 0 radical (unpaired) electrons. The lowest BCUT2D eigenvalue weighted by molar-refractivity contribution is 0.101. The fraction of sp³-hybridized carbons (Fsp3) is 0.267. The highest BCUT2D eigenvalue weighted by Gasteiger charge is 2.13. The van der Waals surface area contributed by atoms with Gasteiger partial charge in [0.15, 0.2) is 0 Å². The molecule has 1 amide bonds. The van der Waals surface area contributed by atoms with Crippen LogP contribution in [-0.4, -0.2) is 10.5 Å². The summed E-state index contributed by atoms with van der Waals surface area (Å²) in [6, 6.07) is 7.50. The number of halogens is 1. The number of carbonyl (C=O) groups excluding carboxylic acids is 1. The Hall–Kier alpha value is -1.75. The first kappa shape index (κ1) is 14.7. The highest BCUT2D eigenvalue weighted by Crippen LogP contribution is 2.22. The van der Waals surface area contributed by atoms with Crippen molar-refractivity contribution in [2.45, 2.75) is 26.8 Å². The molecular formula is C15H18BrN3O. The third-order valence-corrected chi connectivity index (χ3v) is 3.56. The summed E-state index contributed by atoms with van der Waals surface area (Å²) in [6.07, 6.45) is 2.75. The SMILES string of the molecule is CCCn1cc(N)cc1C(=O)Nc1cc(Br)ccc1C. The van der Waals surface area contributed by atoms with E-state index >= 15 is 0 Å². The maximum Gasteiger partial charge on any atom is 0.272 e. The quantitative estimate of drug-likeness (QED) is 0.892. The lowest BCUT2D eigenvalue weighted by Crippen LogP contribution is -2.17. The van der Waals surface area contributed by atoms with Gasteiger partial charge in [0.1, 0.15) is 5.69 Å². The van der Waals surface area contributed by atoms with Gasteiger partial charge in [-0.15, -0.1) is 0 Å². The standard InChI is InChI=1S/C15H18BrN3O/c1-3-6-19-9-12(17)8-14(19)15(20)18-13-7-11(16)5-4-10(13)2/h4-5,7-9H,3,6,17H2,1-2H3,(H,18,20). The summed E-state index contributed by atoms with van der Waals surface area (Å²) in [5, 5.41) is 2.93. The minimum atomic E-state index is -0.142. The van der Waals surface area contributed by atoms with Gasteiger partial charge in [0.05, 0.1) is 5.69 Å². The van der Waals surface area contributed by atoms with Gasteiger partial charge in [0.2, 0.25) is 0 Å². The highest BCUT2D eigenvalue weighted by atomic mass is 79.9. The van der Waals surface area contributed by atoms with E-state index in [1.54, 1.807) is 12.3 Å². The largest absolute Gasteiger partial charge is 0.397 e. The van der Waals surface area contributed by atoms with Crippen LogP contribution in [0.15, 0.2) is 34.9 Å². The number of hydrogen-bond donors (Lipinski definition) is 2. The Morgan fingerprint density at radius 1 is 1.40 bits per heavy atom. The second-order valence-electron chi connectivity index (χ2n) is 4.77. The zero-order chi connectivity index (χ0) is 14.7. The molecule has 106 valence electrons. The molecule has 0 aliphatic rings. The Morgan fingerprint density at radius 3 is 2.85 bits per heavy atom. The van der Waals surface area contributed by atoms with Crippen molar-refractivity contribution in [3.05, 3.63) is 46.2 Å². The first-order valence-corrected chi connectivity index (χ1v) is 7.33. The lowest BCUT2D eigenvalue weighted by atomic mass is 10.2. The van der Waals surface area contributed by atoms with E-state index in [0.29, 0.717) is 11.4 Å². The molecule has 0 spiro atoms. The van der Waals surface area contributed by atoms with Gasteiger partial charge in [0, 0.05) is 22.9 Å². The average molecular weight is 336 g/mol. The van der Waals surface area contributed by atoms with Crippen molar-refractivity contribution in [1.82, 2.24) is 4.57 Å². The summed E-state index contributed by atoms with van der Waals surface area (Å²) >= 11 is 3.41. The maximum atomic E-state index is 12.4. The van der Waals surface area contributed by atoms with Gasteiger partial charge < -0.3 is 15.6 Å². The number of nitrogens with zero attached hydrogens (tertiary/aromatic N) is 1. The van der Waals surface area contributed by atoms with Crippen molar-refractivity contribution in [3.63, 3.8) is 0 Å². The van der Waals surface area contributed by atoms with Gasteiger partial charge in [-0.2, -0.15) is 0 Å². The van der Waals surface area contributed by atoms with Crippen LogP contribution in [-0.2, 0) is 6.54 Å². The van der Waals surface area contributed by atoms with E-state index in [-0.39, 0.29) is 5.91 Å². The van der Waals surface area contributed by atoms with Gasteiger partial charge in [-0.1, -0.05) is 28.9 Å². The highest BCUT2D eigenvalue weighted by molar-refractivity contribution is 9.10.